The van der Waals surface area contributed by atoms with E-state index in [1.54, 1.807) is 11.1 Å². The first kappa shape index (κ1) is 14.3. The lowest BCUT2D eigenvalue weighted by Gasteiger charge is -2.37. The molecule has 0 heterocycles. The summed E-state index contributed by atoms with van der Waals surface area (Å²) in [5.41, 5.74) is 3.14. The van der Waals surface area contributed by atoms with Crippen LogP contribution in [-0.2, 0) is 6.42 Å². The molecule has 0 amide bonds. The number of benzene rings is 1. The number of likely N-dealkylation sites (N-methyl/N-ethyl adjacent to an activating group) is 1. The molecule has 19 heavy (non-hydrogen) atoms. The summed E-state index contributed by atoms with van der Waals surface area (Å²) in [6.07, 6.45) is 9.74. The number of hydrogen-bond acceptors (Lipinski definition) is 1. The van der Waals surface area contributed by atoms with Crippen LogP contribution in [-0.4, -0.2) is 12.6 Å². The van der Waals surface area contributed by atoms with E-state index in [1.807, 2.05) is 6.08 Å². The van der Waals surface area contributed by atoms with Gasteiger partial charge in [0.1, 0.15) is 0 Å². The van der Waals surface area contributed by atoms with Crippen LogP contribution in [0, 0.1) is 0 Å². The molecule has 1 heteroatoms. The van der Waals surface area contributed by atoms with E-state index in [9.17, 15) is 0 Å². The Bertz CT molecular complexity index is 396. The third-order valence-electron chi connectivity index (χ3n) is 4.27. The van der Waals surface area contributed by atoms with Crippen LogP contribution in [0.3, 0.4) is 0 Å². The van der Waals surface area contributed by atoms with Crippen LogP contribution >= 0.6 is 0 Å². The van der Waals surface area contributed by atoms with Crippen molar-refractivity contribution in [2.45, 2.75) is 57.4 Å². The zero-order valence-electron chi connectivity index (χ0n) is 12.2. The van der Waals surface area contributed by atoms with Gasteiger partial charge in [-0.15, -0.1) is 6.58 Å². The average molecular weight is 257 g/mol. The van der Waals surface area contributed by atoms with Gasteiger partial charge in [0.25, 0.3) is 0 Å². The van der Waals surface area contributed by atoms with E-state index < -0.39 is 0 Å². The van der Waals surface area contributed by atoms with Crippen molar-refractivity contribution in [1.29, 1.82) is 0 Å². The fourth-order valence-electron chi connectivity index (χ4n) is 3.19. The molecule has 104 valence electrons. The Balaban J connectivity index is 1.82. The molecular formula is C18H27N. The highest BCUT2D eigenvalue weighted by atomic mass is 14.9. The van der Waals surface area contributed by atoms with Gasteiger partial charge in [0, 0.05) is 12.0 Å². The van der Waals surface area contributed by atoms with Crippen LogP contribution in [0.15, 0.2) is 36.9 Å². The predicted octanol–water partition coefficient (Wildman–Crippen LogP) is 4.44. The van der Waals surface area contributed by atoms with Gasteiger partial charge < -0.3 is 5.32 Å². The first-order valence-electron chi connectivity index (χ1n) is 7.79. The number of fused-ring (bicyclic) bond motifs is 1. The maximum absolute atomic E-state index is 3.79. The van der Waals surface area contributed by atoms with Gasteiger partial charge in [0.05, 0.1) is 0 Å². The monoisotopic (exact) mass is 257 g/mol. The van der Waals surface area contributed by atoms with Crippen molar-refractivity contribution < 1.29 is 0 Å². The van der Waals surface area contributed by atoms with E-state index in [0.29, 0.717) is 6.04 Å². The molecule has 2 rings (SSSR count). The third-order valence-corrected chi connectivity index (χ3v) is 4.27. The number of unbranched alkanes of at least 4 members (excludes halogenated alkanes) is 3. The maximum Gasteiger partial charge on any atom is 0.0139 e. The van der Waals surface area contributed by atoms with Gasteiger partial charge in [-0.05, 0) is 43.4 Å². The van der Waals surface area contributed by atoms with Crippen molar-refractivity contribution in [3.8, 4) is 0 Å². The van der Waals surface area contributed by atoms with Crippen molar-refractivity contribution in [1.82, 2.24) is 5.32 Å². The number of allylic oxidation sites excluding steroid dienone is 1. The molecule has 0 spiro atoms. The Labute approximate surface area is 118 Å². The normalized spacial score (nSPS) is 18.5. The molecule has 1 aliphatic carbocycles. The fourth-order valence-corrected chi connectivity index (χ4v) is 3.19. The molecule has 2 atom stereocenters. The number of hydrogen-bond donors (Lipinski definition) is 1. The fraction of sp³-hybridized carbons (Fsp3) is 0.556. The van der Waals surface area contributed by atoms with Gasteiger partial charge in [-0.3, -0.25) is 0 Å². The van der Waals surface area contributed by atoms with Crippen LogP contribution in [0.25, 0.3) is 0 Å². The molecule has 0 saturated carbocycles. The summed E-state index contributed by atoms with van der Waals surface area (Å²) in [7, 11) is 0. The summed E-state index contributed by atoms with van der Waals surface area (Å²) in [6.45, 7) is 7.08. The van der Waals surface area contributed by atoms with Crippen molar-refractivity contribution in [3.05, 3.63) is 48.0 Å². The van der Waals surface area contributed by atoms with Crippen LogP contribution in [0.1, 0.15) is 56.1 Å². The molecule has 1 N–H and O–H groups in total. The molecule has 0 aromatic heterocycles. The second kappa shape index (κ2) is 7.49. The Kier molecular flexibility index (Phi) is 5.65. The molecule has 0 radical (unpaired) electrons. The highest BCUT2D eigenvalue weighted by molar-refractivity contribution is 5.41. The molecule has 2 unspecified atom stereocenters. The average Bonchev–Trinajstić information content (AvgIpc) is 2.40. The summed E-state index contributed by atoms with van der Waals surface area (Å²) in [4.78, 5) is 0. The van der Waals surface area contributed by atoms with Crippen LogP contribution in [0.4, 0.5) is 0 Å². The van der Waals surface area contributed by atoms with Gasteiger partial charge in [0.2, 0.25) is 0 Å². The zero-order valence-corrected chi connectivity index (χ0v) is 12.2. The molecule has 0 aliphatic heterocycles. The zero-order chi connectivity index (χ0) is 13.5. The maximum atomic E-state index is 3.79. The van der Waals surface area contributed by atoms with Crippen molar-refractivity contribution in [2.75, 3.05) is 6.54 Å². The van der Waals surface area contributed by atoms with Gasteiger partial charge in [0.15, 0.2) is 0 Å². The smallest absolute Gasteiger partial charge is 0.0139 e. The summed E-state index contributed by atoms with van der Waals surface area (Å²) in [5, 5.41) is 3.70. The Hall–Kier alpha value is -1.08. The topological polar surface area (TPSA) is 12.0 Å². The third kappa shape index (κ3) is 3.70. The standard InChI is InChI=1S/C18H27N/c1-3-5-6-7-8-13-18(19-4-2)17-14-15-11-9-10-12-16(15)17/h3,9-12,17-19H,1,4-8,13-14H2,2H3. The SMILES string of the molecule is C=CCCCCCC(NCC)C1Cc2ccccc21. The van der Waals surface area contributed by atoms with Gasteiger partial charge in [-0.25, -0.2) is 0 Å². The first-order valence-corrected chi connectivity index (χ1v) is 7.79. The highest BCUT2D eigenvalue weighted by Gasteiger charge is 2.31. The Morgan fingerprint density at radius 3 is 2.89 bits per heavy atom. The number of rotatable bonds is 9. The minimum atomic E-state index is 0.670. The highest BCUT2D eigenvalue weighted by Crippen LogP contribution is 2.38. The predicted molar refractivity (Wildman–Crippen MR) is 83.6 cm³/mol. The van der Waals surface area contributed by atoms with Crippen LogP contribution < -0.4 is 5.32 Å². The van der Waals surface area contributed by atoms with E-state index in [1.165, 1.54) is 32.1 Å². The number of nitrogens with one attached hydrogen (secondary N) is 1. The lowest BCUT2D eigenvalue weighted by atomic mass is 9.72. The summed E-state index contributed by atoms with van der Waals surface area (Å²) in [5.74, 6) is 0.746. The second-order valence-electron chi connectivity index (χ2n) is 5.60. The molecular weight excluding hydrogens is 230 g/mol. The molecule has 0 fully saturated rings. The summed E-state index contributed by atoms with van der Waals surface area (Å²) in [6, 6.07) is 9.60. The molecule has 1 nitrogen and oxygen atoms in total. The van der Waals surface area contributed by atoms with Gasteiger partial charge >= 0.3 is 0 Å². The van der Waals surface area contributed by atoms with Gasteiger partial charge in [-0.2, -0.15) is 0 Å². The minimum absolute atomic E-state index is 0.670. The van der Waals surface area contributed by atoms with Crippen LogP contribution in [0.2, 0.25) is 0 Å². The Morgan fingerprint density at radius 1 is 1.32 bits per heavy atom. The summed E-state index contributed by atoms with van der Waals surface area (Å²) >= 11 is 0. The molecule has 0 saturated heterocycles. The molecule has 1 aromatic rings. The van der Waals surface area contributed by atoms with E-state index in [2.05, 4.69) is 43.1 Å². The van der Waals surface area contributed by atoms with E-state index in [-0.39, 0.29) is 0 Å². The molecule has 1 aliphatic rings. The molecule has 1 aromatic carbocycles. The van der Waals surface area contributed by atoms with Gasteiger partial charge in [-0.1, -0.05) is 50.1 Å². The lowest BCUT2D eigenvalue weighted by Crippen LogP contribution is -2.39. The quantitative estimate of drug-likeness (QED) is 0.509. The van der Waals surface area contributed by atoms with Crippen molar-refractivity contribution in [3.63, 3.8) is 0 Å². The second-order valence-corrected chi connectivity index (χ2v) is 5.60. The van der Waals surface area contributed by atoms with E-state index in [4.69, 9.17) is 0 Å². The van der Waals surface area contributed by atoms with Crippen LogP contribution in [0.5, 0.6) is 0 Å². The molecule has 0 bridgehead atoms. The van der Waals surface area contributed by atoms with Crippen molar-refractivity contribution in [2.24, 2.45) is 0 Å². The largest absolute Gasteiger partial charge is 0.314 e. The minimum Gasteiger partial charge on any atom is -0.314 e. The van der Waals surface area contributed by atoms with E-state index >= 15 is 0 Å². The van der Waals surface area contributed by atoms with Crippen molar-refractivity contribution >= 4 is 0 Å². The lowest BCUT2D eigenvalue weighted by molar-refractivity contribution is 0.373. The Morgan fingerprint density at radius 2 is 2.16 bits per heavy atom. The first-order chi connectivity index (χ1) is 9.36. The van der Waals surface area contributed by atoms with E-state index in [0.717, 1.165) is 18.9 Å². The summed E-state index contributed by atoms with van der Waals surface area (Å²) < 4.78 is 0.